The van der Waals surface area contributed by atoms with Crippen molar-refractivity contribution in [3.63, 3.8) is 0 Å². The lowest BCUT2D eigenvalue weighted by atomic mass is 10.3. The number of amides is 1. The minimum absolute atomic E-state index is 0.401. The predicted octanol–water partition coefficient (Wildman–Crippen LogP) is 5.42. The molecule has 1 aliphatic rings. The highest BCUT2D eigenvalue weighted by molar-refractivity contribution is 7.99. The van der Waals surface area contributed by atoms with Gasteiger partial charge in [-0.1, -0.05) is 32.5 Å². The van der Waals surface area contributed by atoms with E-state index >= 15 is 0 Å². The van der Waals surface area contributed by atoms with Gasteiger partial charge >= 0.3 is 6.09 Å². The number of imidazole rings is 1. The first-order valence-corrected chi connectivity index (χ1v) is 12.5. The van der Waals surface area contributed by atoms with Crippen molar-refractivity contribution >= 4 is 41.0 Å². The second-order valence-electron chi connectivity index (χ2n) is 7.58. The number of anilines is 1. The number of aromatic nitrogens is 3. The van der Waals surface area contributed by atoms with E-state index in [1.807, 2.05) is 68.6 Å². The summed E-state index contributed by atoms with van der Waals surface area (Å²) < 4.78 is 6.89. The Balaban J connectivity index is 0.00000158. The van der Waals surface area contributed by atoms with Gasteiger partial charge in [0.2, 0.25) is 5.95 Å². The van der Waals surface area contributed by atoms with Gasteiger partial charge in [-0.05, 0) is 56.4 Å². The molecular weight excluding hydrogens is 450 g/mol. The molecule has 2 heterocycles. The number of carbonyl (C=O) groups is 1. The van der Waals surface area contributed by atoms with Crippen molar-refractivity contribution in [1.82, 2.24) is 25.2 Å². The number of nitrogens with zero attached hydrogens (tertiary/aromatic N) is 4. The Hall–Kier alpha value is -3.11. The van der Waals surface area contributed by atoms with Crippen molar-refractivity contribution in [1.29, 1.82) is 0 Å². The number of nitrogens with one attached hydrogen (secondary N) is 3. The summed E-state index contributed by atoms with van der Waals surface area (Å²) in [6.07, 6.45) is 6.50. The maximum absolute atomic E-state index is 11.7. The van der Waals surface area contributed by atoms with Crippen LogP contribution >= 0.6 is 11.8 Å². The summed E-state index contributed by atoms with van der Waals surface area (Å²) in [7, 11) is 0. The number of rotatable bonds is 9. The van der Waals surface area contributed by atoms with Crippen LogP contribution in [-0.2, 0) is 4.74 Å². The second-order valence-corrected chi connectivity index (χ2v) is 8.68. The van der Waals surface area contributed by atoms with E-state index in [0.717, 1.165) is 40.3 Å². The summed E-state index contributed by atoms with van der Waals surface area (Å²) in [6.45, 7) is 9.20. The Morgan fingerprint density at radius 1 is 1.26 bits per heavy atom. The Morgan fingerprint density at radius 2 is 2.03 bits per heavy atom. The number of fused-ring (bicyclic) bond motifs is 1. The average Bonchev–Trinajstić information content (AvgIpc) is 3.54. The summed E-state index contributed by atoms with van der Waals surface area (Å²) in [5.74, 6) is 2.07. The highest BCUT2D eigenvalue weighted by Gasteiger charge is 2.20. The van der Waals surface area contributed by atoms with Crippen LogP contribution in [0, 0.1) is 5.92 Å². The Labute approximate surface area is 204 Å². The van der Waals surface area contributed by atoms with Crippen LogP contribution in [0.3, 0.4) is 0 Å². The maximum Gasteiger partial charge on any atom is 0.411 e. The molecule has 1 fully saturated rings. The molecule has 0 spiro atoms. The molecule has 3 aromatic rings. The van der Waals surface area contributed by atoms with Crippen LogP contribution in [0.1, 0.15) is 47.0 Å². The molecule has 0 bridgehead atoms. The monoisotopic (exact) mass is 483 g/mol. The molecule has 0 aliphatic heterocycles. The summed E-state index contributed by atoms with van der Waals surface area (Å²) in [5.41, 5.74) is 7.81. The standard InChI is InChI=1S/C22H27N7O2S.C2H6/c1-3-12-31-22(30)26-17-6-8-18(9-7-17)32-20-13-19-23-10-11-29(19)21(27-20)25-15(2)28-24-14-16-4-5-16;1-2/h6-11,13,16,24H,3-5,12,14H2,1-2H3,(H,26,30)(H,25,27,28);1-2H3. The highest BCUT2D eigenvalue weighted by atomic mass is 32.2. The van der Waals surface area contributed by atoms with Crippen LogP contribution in [0.15, 0.2) is 57.6 Å². The van der Waals surface area contributed by atoms with E-state index < -0.39 is 6.09 Å². The lowest BCUT2D eigenvalue weighted by Gasteiger charge is -2.09. The first kappa shape index (κ1) is 25.5. The van der Waals surface area contributed by atoms with Crippen LogP contribution in [0.5, 0.6) is 0 Å². The van der Waals surface area contributed by atoms with E-state index in [0.29, 0.717) is 18.2 Å². The summed E-state index contributed by atoms with van der Waals surface area (Å²) >= 11 is 1.50. The number of hydrogen-bond donors (Lipinski definition) is 3. The number of carbonyl (C=O) groups excluding carboxylic acids is 1. The predicted molar refractivity (Wildman–Crippen MR) is 137 cm³/mol. The molecule has 4 rings (SSSR count). The highest BCUT2D eigenvalue weighted by Crippen LogP contribution is 2.30. The summed E-state index contributed by atoms with van der Waals surface area (Å²) in [4.78, 5) is 26.4. The fourth-order valence-electron chi connectivity index (χ4n) is 2.92. The minimum Gasteiger partial charge on any atom is -0.449 e. The van der Waals surface area contributed by atoms with Gasteiger partial charge < -0.3 is 10.2 Å². The van der Waals surface area contributed by atoms with Gasteiger partial charge in [0.25, 0.3) is 0 Å². The quantitative estimate of drug-likeness (QED) is 0.162. The number of amidine groups is 1. The normalized spacial score (nSPS) is 13.2. The number of hydrogen-bond acceptors (Lipinski definition) is 7. The van der Waals surface area contributed by atoms with Crippen molar-refractivity contribution in [2.45, 2.75) is 56.9 Å². The molecule has 9 nitrogen and oxygen atoms in total. The first-order valence-electron chi connectivity index (χ1n) is 11.7. The van der Waals surface area contributed by atoms with Crippen LogP contribution in [-0.4, -0.2) is 39.4 Å². The SMILES string of the molecule is CC.CCCOC(=O)Nc1ccc(Sc2cc3nccn3c(/N=C(\C)NNCC3CC3)n2)cc1. The van der Waals surface area contributed by atoms with Gasteiger partial charge in [0.15, 0.2) is 0 Å². The molecule has 1 saturated carbocycles. The maximum atomic E-state index is 11.7. The molecule has 0 saturated heterocycles. The molecule has 3 N–H and O–H groups in total. The van der Waals surface area contributed by atoms with Crippen molar-refractivity contribution in [2.24, 2.45) is 10.9 Å². The van der Waals surface area contributed by atoms with E-state index in [2.05, 4.69) is 26.1 Å². The first-order chi connectivity index (χ1) is 16.6. The number of hydrazine groups is 1. The minimum atomic E-state index is -0.447. The third kappa shape index (κ3) is 7.74. The van der Waals surface area contributed by atoms with Gasteiger partial charge in [0.05, 0.1) is 6.61 Å². The zero-order chi connectivity index (χ0) is 24.3. The van der Waals surface area contributed by atoms with Crippen LogP contribution in [0.25, 0.3) is 5.65 Å². The zero-order valence-corrected chi connectivity index (χ0v) is 21.0. The Kier molecular flexibility index (Phi) is 9.72. The van der Waals surface area contributed by atoms with E-state index in [9.17, 15) is 4.79 Å². The Bertz CT molecular complexity index is 1090. The van der Waals surface area contributed by atoms with Gasteiger partial charge in [0.1, 0.15) is 16.5 Å². The van der Waals surface area contributed by atoms with Gasteiger partial charge in [-0.25, -0.2) is 20.2 Å². The molecule has 1 aliphatic carbocycles. The summed E-state index contributed by atoms with van der Waals surface area (Å²) in [5, 5.41) is 3.50. The second kappa shape index (κ2) is 13.0. The number of benzene rings is 1. The van der Waals surface area contributed by atoms with Crippen molar-refractivity contribution in [2.75, 3.05) is 18.5 Å². The molecular formula is C24H33N7O2S. The van der Waals surface area contributed by atoms with Crippen molar-refractivity contribution in [3.05, 3.63) is 42.7 Å². The van der Waals surface area contributed by atoms with Gasteiger partial charge in [-0.3, -0.25) is 9.72 Å². The zero-order valence-electron chi connectivity index (χ0n) is 20.2. The van der Waals surface area contributed by atoms with Gasteiger partial charge in [-0.15, -0.1) is 0 Å². The van der Waals surface area contributed by atoms with Crippen LogP contribution < -0.4 is 16.2 Å². The smallest absolute Gasteiger partial charge is 0.411 e. The molecule has 182 valence electrons. The van der Waals surface area contributed by atoms with E-state index in [1.54, 1.807) is 6.20 Å². The largest absolute Gasteiger partial charge is 0.449 e. The van der Waals surface area contributed by atoms with Crippen molar-refractivity contribution < 1.29 is 9.53 Å². The van der Waals surface area contributed by atoms with Crippen LogP contribution in [0.4, 0.5) is 16.4 Å². The molecule has 0 radical (unpaired) electrons. The third-order valence-corrected chi connectivity index (χ3v) is 5.66. The van der Waals surface area contributed by atoms with Crippen LogP contribution in [0.2, 0.25) is 0 Å². The van der Waals surface area contributed by atoms with E-state index in [1.165, 1.54) is 24.6 Å². The molecule has 10 heteroatoms. The van der Waals surface area contributed by atoms with E-state index in [-0.39, 0.29) is 0 Å². The Morgan fingerprint density at radius 3 is 2.74 bits per heavy atom. The molecule has 0 unspecified atom stereocenters. The van der Waals surface area contributed by atoms with Gasteiger partial charge in [-0.2, -0.15) is 4.99 Å². The fourth-order valence-corrected chi connectivity index (χ4v) is 3.72. The number of ether oxygens (including phenoxy) is 1. The molecule has 34 heavy (non-hydrogen) atoms. The average molecular weight is 484 g/mol. The third-order valence-electron chi connectivity index (χ3n) is 4.73. The fraction of sp³-hybridized carbons (Fsp3) is 0.417. The molecule has 2 aromatic heterocycles. The van der Waals surface area contributed by atoms with E-state index in [4.69, 9.17) is 9.72 Å². The molecule has 0 atom stereocenters. The number of aliphatic imine (C=N–C) groups is 1. The lowest BCUT2D eigenvalue weighted by molar-refractivity contribution is 0.161. The molecule has 1 aromatic carbocycles. The topological polar surface area (TPSA) is 105 Å². The molecule has 1 amide bonds. The lowest BCUT2D eigenvalue weighted by Crippen LogP contribution is -2.37. The van der Waals surface area contributed by atoms with Gasteiger partial charge in [0, 0.05) is 35.6 Å². The van der Waals surface area contributed by atoms with Crippen molar-refractivity contribution in [3.8, 4) is 0 Å². The summed E-state index contributed by atoms with van der Waals surface area (Å²) in [6, 6.07) is 9.45.